The Morgan fingerprint density at radius 3 is 2.53 bits per heavy atom. The third kappa shape index (κ3) is 3.39. The first-order chi connectivity index (χ1) is 7.82. The molecule has 1 heterocycles. The van der Waals surface area contributed by atoms with Gasteiger partial charge in [0.1, 0.15) is 5.25 Å². The van der Waals surface area contributed by atoms with Crippen LogP contribution in [0.1, 0.15) is 25.2 Å². The van der Waals surface area contributed by atoms with Crippen LogP contribution in [0.3, 0.4) is 0 Å². The third-order valence-corrected chi connectivity index (χ3v) is 4.41. The predicted octanol–water partition coefficient (Wildman–Crippen LogP) is 1.09. The molecule has 0 bridgehead atoms. The number of carboxylic acids is 1. The summed E-state index contributed by atoms with van der Waals surface area (Å²) in [5, 5.41) is 12.4. The lowest BCUT2D eigenvalue weighted by atomic mass is 10.1. The summed E-state index contributed by atoms with van der Waals surface area (Å²) in [7, 11) is 0.342. The Labute approximate surface area is 103 Å². The zero-order valence-corrected chi connectivity index (χ0v) is 11.3. The van der Waals surface area contributed by atoms with E-state index in [9.17, 15) is 9.00 Å². The molecule has 17 heavy (non-hydrogen) atoms. The zero-order valence-electron chi connectivity index (χ0n) is 10.5. The van der Waals surface area contributed by atoms with Crippen LogP contribution in [0.25, 0.3) is 0 Å². The molecule has 96 valence electrons. The number of rotatable bonds is 5. The van der Waals surface area contributed by atoms with E-state index in [0.29, 0.717) is 0 Å². The fourth-order valence-corrected chi connectivity index (χ4v) is 3.31. The quantitative estimate of drug-likeness (QED) is 0.858. The Hall–Kier alpha value is -1.17. The minimum absolute atomic E-state index is 0.150. The van der Waals surface area contributed by atoms with Gasteiger partial charge >= 0.3 is 5.97 Å². The van der Waals surface area contributed by atoms with Crippen molar-refractivity contribution in [2.75, 3.05) is 0 Å². The van der Waals surface area contributed by atoms with Crippen LogP contribution in [0, 0.1) is 12.8 Å². The van der Waals surface area contributed by atoms with E-state index in [1.54, 1.807) is 25.6 Å². The second-order valence-corrected chi connectivity index (χ2v) is 5.99. The first kappa shape index (κ1) is 13.9. The third-order valence-electron chi connectivity index (χ3n) is 2.52. The van der Waals surface area contributed by atoms with Crippen molar-refractivity contribution < 1.29 is 14.1 Å². The minimum atomic E-state index is -1.43. The Bertz CT molecular complexity index is 440. The van der Waals surface area contributed by atoms with Gasteiger partial charge < -0.3 is 5.11 Å². The molecule has 0 amide bonds. The Morgan fingerprint density at radius 1 is 1.59 bits per heavy atom. The lowest BCUT2D eigenvalue weighted by molar-refractivity contribution is -0.137. The van der Waals surface area contributed by atoms with Gasteiger partial charge in [-0.2, -0.15) is 5.10 Å². The van der Waals surface area contributed by atoms with Crippen molar-refractivity contribution in [2.24, 2.45) is 13.0 Å². The molecule has 0 radical (unpaired) electrons. The largest absolute Gasteiger partial charge is 0.480 e. The molecule has 0 aliphatic carbocycles. The topological polar surface area (TPSA) is 72.2 Å². The molecule has 1 N–H and O–H groups in total. The number of hydrogen-bond acceptors (Lipinski definition) is 3. The number of hydrogen-bond donors (Lipinski definition) is 1. The van der Waals surface area contributed by atoms with Gasteiger partial charge in [-0.1, -0.05) is 13.8 Å². The summed E-state index contributed by atoms with van der Waals surface area (Å²) in [6.45, 7) is 5.39. The molecule has 0 fully saturated rings. The van der Waals surface area contributed by atoms with Crippen molar-refractivity contribution >= 4 is 16.8 Å². The first-order valence-corrected chi connectivity index (χ1v) is 6.80. The molecule has 0 saturated carbocycles. The highest BCUT2D eigenvalue weighted by Gasteiger charge is 2.28. The van der Waals surface area contributed by atoms with Crippen molar-refractivity contribution in [3.8, 4) is 0 Å². The van der Waals surface area contributed by atoms with E-state index in [1.165, 1.54) is 0 Å². The predicted molar refractivity (Wildman–Crippen MR) is 66.1 cm³/mol. The van der Waals surface area contributed by atoms with E-state index >= 15 is 0 Å². The summed E-state index contributed by atoms with van der Waals surface area (Å²) in [4.78, 5) is 11.0. The molecule has 1 aromatic rings. The average Bonchev–Trinajstić information content (AvgIpc) is 2.43. The highest BCUT2D eigenvalue weighted by atomic mass is 32.2. The maximum Gasteiger partial charge on any atom is 0.319 e. The molecule has 0 aromatic carbocycles. The fraction of sp³-hybridized carbons (Fsp3) is 0.636. The summed E-state index contributed by atoms with van der Waals surface area (Å²) in [6, 6.07) is 1.83. The molecular formula is C11H18N2O3S. The molecule has 0 aliphatic heterocycles. The van der Waals surface area contributed by atoms with Gasteiger partial charge in [0.2, 0.25) is 0 Å². The normalized spacial score (nSPS) is 14.9. The van der Waals surface area contributed by atoms with Crippen molar-refractivity contribution in [3.63, 3.8) is 0 Å². The van der Waals surface area contributed by atoms with Crippen LogP contribution in [0.5, 0.6) is 0 Å². The summed E-state index contributed by atoms with van der Waals surface area (Å²) in [5.74, 6) is -0.924. The molecule has 0 aliphatic rings. The maximum atomic E-state index is 12.0. The van der Waals surface area contributed by atoms with E-state index < -0.39 is 22.0 Å². The van der Waals surface area contributed by atoms with Gasteiger partial charge in [-0.15, -0.1) is 0 Å². The molecule has 0 spiro atoms. The number of aryl methyl sites for hydroxylation is 2. The van der Waals surface area contributed by atoms with E-state index in [2.05, 4.69) is 5.10 Å². The average molecular weight is 258 g/mol. The Morgan fingerprint density at radius 2 is 2.18 bits per heavy atom. The molecule has 2 unspecified atom stereocenters. The number of nitrogens with zero attached hydrogens (tertiary/aromatic N) is 2. The van der Waals surface area contributed by atoms with E-state index in [-0.39, 0.29) is 11.7 Å². The van der Waals surface area contributed by atoms with Crippen LogP contribution in [-0.4, -0.2) is 30.3 Å². The van der Waals surface area contributed by atoms with E-state index in [4.69, 9.17) is 5.11 Å². The SMILES string of the molecule is Cc1cc(CS(=O)C(C(=O)O)C(C)C)n(C)n1. The van der Waals surface area contributed by atoms with Crippen LogP contribution in [0.4, 0.5) is 0 Å². The molecule has 2 atom stereocenters. The highest BCUT2D eigenvalue weighted by molar-refractivity contribution is 7.85. The number of carbonyl (C=O) groups is 1. The van der Waals surface area contributed by atoms with E-state index in [0.717, 1.165) is 11.4 Å². The standard InChI is InChI=1S/C11H18N2O3S/c1-7(2)10(11(14)15)17(16)6-9-5-8(3)12-13(9)4/h5,7,10H,6H2,1-4H3,(H,14,15). The fourth-order valence-electron chi connectivity index (χ4n) is 1.74. The number of aliphatic carboxylic acids is 1. The van der Waals surface area contributed by atoms with Gasteiger partial charge in [-0.05, 0) is 18.9 Å². The van der Waals surface area contributed by atoms with Crippen LogP contribution < -0.4 is 0 Å². The van der Waals surface area contributed by atoms with Gasteiger partial charge in [0.15, 0.2) is 0 Å². The van der Waals surface area contributed by atoms with Crippen molar-refractivity contribution in [3.05, 3.63) is 17.5 Å². The monoisotopic (exact) mass is 258 g/mol. The Balaban J connectivity index is 2.84. The molecular weight excluding hydrogens is 240 g/mol. The summed E-state index contributed by atoms with van der Waals surface area (Å²) in [5.41, 5.74) is 1.64. The van der Waals surface area contributed by atoms with Gasteiger partial charge in [-0.3, -0.25) is 13.7 Å². The van der Waals surface area contributed by atoms with Crippen molar-refractivity contribution in [2.45, 2.75) is 31.8 Å². The van der Waals surface area contributed by atoms with Crippen LogP contribution in [-0.2, 0) is 28.4 Å². The molecule has 5 nitrogen and oxygen atoms in total. The lowest BCUT2D eigenvalue weighted by Crippen LogP contribution is -2.32. The van der Waals surface area contributed by atoms with Gasteiger partial charge in [0, 0.05) is 17.8 Å². The number of carboxylic acid groups (broad SMARTS) is 1. The van der Waals surface area contributed by atoms with Crippen LogP contribution in [0.2, 0.25) is 0 Å². The second kappa shape index (κ2) is 5.44. The van der Waals surface area contributed by atoms with Gasteiger partial charge in [-0.25, -0.2) is 0 Å². The minimum Gasteiger partial charge on any atom is -0.480 e. The second-order valence-electron chi connectivity index (χ2n) is 4.43. The van der Waals surface area contributed by atoms with Gasteiger partial charge in [0.05, 0.1) is 17.1 Å². The molecule has 6 heteroatoms. The van der Waals surface area contributed by atoms with Gasteiger partial charge in [0.25, 0.3) is 0 Å². The molecule has 1 aromatic heterocycles. The van der Waals surface area contributed by atoms with Crippen molar-refractivity contribution in [1.82, 2.24) is 9.78 Å². The lowest BCUT2D eigenvalue weighted by Gasteiger charge is -2.15. The summed E-state index contributed by atoms with van der Waals surface area (Å²) >= 11 is 0. The smallest absolute Gasteiger partial charge is 0.319 e. The summed E-state index contributed by atoms with van der Waals surface area (Å²) < 4.78 is 13.7. The van der Waals surface area contributed by atoms with Crippen LogP contribution in [0.15, 0.2) is 6.07 Å². The molecule has 1 rings (SSSR count). The summed E-state index contributed by atoms with van der Waals surface area (Å²) in [6.07, 6.45) is 0. The maximum absolute atomic E-state index is 12.0. The van der Waals surface area contributed by atoms with Crippen molar-refractivity contribution in [1.29, 1.82) is 0 Å². The van der Waals surface area contributed by atoms with Crippen LogP contribution >= 0.6 is 0 Å². The Kier molecular flexibility index (Phi) is 4.45. The highest BCUT2D eigenvalue weighted by Crippen LogP contribution is 2.15. The number of aromatic nitrogens is 2. The first-order valence-electron chi connectivity index (χ1n) is 5.42. The van der Waals surface area contributed by atoms with E-state index in [1.807, 2.05) is 13.0 Å². The zero-order chi connectivity index (χ0) is 13.2. The molecule has 0 saturated heterocycles.